The van der Waals surface area contributed by atoms with Crippen LogP contribution in [0.15, 0.2) is 35.4 Å². The normalized spacial score (nSPS) is 10.6. The molecule has 0 unspecified atom stereocenters. The summed E-state index contributed by atoms with van der Waals surface area (Å²) in [6.07, 6.45) is 1.78. The zero-order chi connectivity index (χ0) is 11.5. The zero-order valence-corrected chi connectivity index (χ0v) is 10.4. The van der Waals surface area contributed by atoms with Gasteiger partial charge in [0.15, 0.2) is 0 Å². The van der Waals surface area contributed by atoms with Gasteiger partial charge in [-0.1, -0.05) is 24.6 Å². The second-order valence-corrected chi connectivity index (χ2v) is 4.96. The third-order valence-corrected chi connectivity index (χ3v) is 3.27. The molecule has 1 heterocycles. The summed E-state index contributed by atoms with van der Waals surface area (Å²) in [5, 5.41) is 4.94. The van der Waals surface area contributed by atoms with Gasteiger partial charge in [0.1, 0.15) is 5.82 Å². The average molecular weight is 254 g/mol. The van der Waals surface area contributed by atoms with Crippen LogP contribution in [0.2, 0.25) is 5.02 Å². The Hall–Kier alpha value is -1.13. The molecule has 0 aliphatic rings. The van der Waals surface area contributed by atoms with E-state index in [9.17, 15) is 0 Å². The lowest BCUT2D eigenvalue weighted by atomic mass is 10.3. The quantitative estimate of drug-likeness (QED) is 0.855. The summed E-state index contributed by atoms with van der Waals surface area (Å²) < 4.78 is 1.70. The molecule has 0 spiro atoms. The molecule has 0 amide bonds. The highest BCUT2D eigenvalue weighted by molar-refractivity contribution is 7.99. The van der Waals surface area contributed by atoms with E-state index in [0.717, 1.165) is 16.3 Å². The summed E-state index contributed by atoms with van der Waals surface area (Å²) in [4.78, 5) is 1.00. The molecule has 2 aromatic rings. The van der Waals surface area contributed by atoms with Crippen LogP contribution in [0.3, 0.4) is 0 Å². The standard InChI is InChI=1S/C11H12ClN3S/c1-2-16-10-7-14-15(11(10)13)9-5-3-4-8(12)6-9/h3-7H,2,13H2,1H3. The topological polar surface area (TPSA) is 43.8 Å². The fourth-order valence-corrected chi connectivity index (χ4v) is 2.27. The molecule has 0 aliphatic carbocycles. The Morgan fingerprint density at radius 1 is 1.50 bits per heavy atom. The smallest absolute Gasteiger partial charge is 0.140 e. The second kappa shape index (κ2) is 4.80. The SMILES string of the molecule is CCSc1cnn(-c2cccc(Cl)c2)c1N. The highest BCUT2D eigenvalue weighted by Gasteiger charge is 2.08. The van der Waals surface area contributed by atoms with Gasteiger partial charge in [0.05, 0.1) is 16.8 Å². The van der Waals surface area contributed by atoms with Crippen molar-refractivity contribution in [3.63, 3.8) is 0 Å². The molecule has 0 atom stereocenters. The minimum Gasteiger partial charge on any atom is -0.383 e. The Kier molecular flexibility index (Phi) is 3.41. The van der Waals surface area contributed by atoms with Gasteiger partial charge in [-0.25, -0.2) is 4.68 Å². The van der Waals surface area contributed by atoms with Crippen molar-refractivity contribution in [1.82, 2.24) is 9.78 Å². The Balaban J connectivity index is 2.41. The highest BCUT2D eigenvalue weighted by Crippen LogP contribution is 2.27. The van der Waals surface area contributed by atoms with E-state index in [2.05, 4.69) is 12.0 Å². The van der Waals surface area contributed by atoms with Gasteiger partial charge in [-0.05, 0) is 24.0 Å². The number of aromatic nitrogens is 2. The van der Waals surface area contributed by atoms with Crippen molar-refractivity contribution in [2.75, 3.05) is 11.5 Å². The number of hydrogen-bond acceptors (Lipinski definition) is 3. The zero-order valence-electron chi connectivity index (χ0n) is 8.85. The molecule has 0 saturated carbocycles. The van der Waals surface area contributed by atoms with Gasteiger partial charge < -0.3 is 5.73 Å². The van der Waals surface area contributed by atoms with Gasteiger partial charge in [-0.3, -0.25) is 0 Å². The van der Waals surface area contributed by atoms with Crippen LogP contribution in [0.4, 0.5) is 5.82 Å². The van der Waals surface area contributed by atoms with Crippen LogP contribution in [0.25, 0.3) is 5.69 Å². The molecule has 16 heavy (non-hydrogen) atoms. The third kappa shape index (κ3) is 2.18. The Bertz CT molecular complexity index is 496. The van der Waals surface area contributed by atoms with E-state index in [0.29, 0.717) is 10.8 Å². The third-order valence-electron chi connectivity index (χ3n) is 2.12. The summed E-state index contributed by atoms with van der Waals surface area (Å²) in [5.41, 5.74) is 6.89. The Morgan fingerprint density at radius 3 is 3.00 bits per heavy atom. The van der Waals surface area contributed by atoms with Gasteiger partial charge in [0.25, 0.3) is 0 Å². The van der Waals surface area contributed by atoms with Gasteiger partial charge >= 0.3 is 0 Å². The molecule has 1 aromatic carbocycles. The van der Waals surface area contributed by atoms with Crippen LogP contribution >= 0.6 is 23.4 Å². The Labute approximate surface area is 104 Å². The first-order valence-electron chi connectivity index (χ1n) is 4.94. The van der Waals surface area contributed by atoms with E-state index < -0.39 is 0 Å². The first-order valence-corrected chi connectivity index (χ1v) is 6.31. The largest absolute Gasteiger partial charge is 0.383 e. The molecule has 5 heteroatoms. The fraction of sp³-hybridized carbons (Fsp3) is 0.182. The van der Waals surface area contributed by atoms with Crippen molar-refractivity contribution in [1.29, 1.82) is 0 Å². The van der Waals surface area contributed by atoms with E-state index in [1.807, 2.05) is 24.3 Å². The summed E-state index contributed by atoms with van der Waals surface area (Å²) in [6.45, 7) is 2.08. The summed E-state index contributed by atoms with van der Waals surface area (Å²) in [7, 11) is 0. The number of anilines is 1. The lowest BCUT2D eigenvalue weighted by molar-refractivity contribution is 0.891. The van der Waals surface area contributed by atoms with E-state index in [4.69, 9.17) is 17.3 Å². The molecule has 0 saturated heterocycles. The first-order chi connectivity index (χ1) is 7.72. The van der Waals surface area contributed by atoms with E-state index in [-0.39, 0.29) is 0 Å². The maximum atomic E-state index is 6.01. The minimum atomic E-state index is 0.661. The molecule has 0 aliphatic heterocycles. The van der Waals surface area contributed by atoms with Crippen molar-refractivity contribution in [2.24, 2.45) is 0 Å². The van der Waals surface area contributed by atoms with Crippen molar-refractivity contribution < 1.29 is 0 Å². The van der Waals surface area contributed by atoms with Gasteiger partial charge in [-0.15, -0.1) is 11.8 Å². The van der Waals surface area contributed by atoms with Crippen LogP contribution in [-0.4, -0.2) is 15.5 Å². The van der Waals surface area contributed by atoms with Gasteiger partial charge in [-0.2, -0.15) is 5.10 Å². The molecule has 3 nitrogen and oxygen atoms in total. The first kappa shape index (κ1) is 11.4. The number of halogens is 1. The Morgan fingerprint density at radius 2 is 2.31 bits per heavy atom. The number of rotatable bonds is 3. The highest BCUT2D eigenvalue weighted by atomic mass is 35.5. The van der Waals surface area contributed by atoms with Crippen molar-refractivity contribution >= 4 is 29.2 Å². The van der Waals surface area contributed by atoms with Gasteiger partial charge in [0, 0.05) is 5.02 Å². The number of nitrogens with zero attached hydrogens (tertiary/aromatic N) is 2. The second-order valence-electron chi connectivity index (χ2n) is 3.22. The van der Waals surface area contributed by atoms with Crippen LogP contribution in [-0.2, 0) is 0 Å². The monoisotopic (exact) mass is 253 g/mol. The number of nitrogen functional groups attached to an aromatic ring is 1. The molecule has 84 valence electrons. The predicted octanol–water partition coefficient (Wildman–Crippen LogP) is 3.22. The van der Waals surface area contributed by atoms with Crippen molar-refractivity contribution in [2.45, 2.75) is 11.8 Å². The lowest BCUT2D eigenvalue weighted by Crippen LogP contribution is -2.01. The number of hydrogen-bond donors (Lipinski definition) is 1. The van der Waals surface area contributed by atoms with Crippen LogP contribution in [0, 0.1) is 0 Å². The van der Waals surface area contributed by atoms with Crippen molar-refractivity contribution in [3.8, 4) is 5.69 Å². The molecule has 0 fully saturated rings. The predicted molar refractivity (Wildman–Crippen MR) is 69.4 cm³/mol. The summed E-state index contributed by atoms with van der Waals surface area (Å²) in [6, 6.07) is 7.47. The molecule has 2 N–H and O–H groups in total. The lowest BCUT2D eigenvalue weighted by Gasteiger charge is -2.04. The average Bonchev–Trinajstić information content (AvgIpc) is 2.61. The van der Waals surface area contributed by atoms with Gasteiger partial charge in [0.2, 0.25) is 0 Å². The number of benzene rings is 1. The van der Waals surface area contributed by atoms with E-state index in [1.54, 1.807) is 22.6 Å². The molecule has 0 bridgehead atoms. The number of nitrogens with two attached hydrogens (primary N) is 1. The van der Waals surface area contributed by atoms with Crippen molar-refractivity contribution in [3.05, 3.63) is 35.5 Å². The maximum absolute atomic E-state index is 6.01. The van der Waals surface area contributed by atoms with E-state index >= 15 is 0 Å². The molecular formula is C11H12ClN3S. The minimum absolute atomic E-state index is 0.661. The molecule has 1 aromatic heterocycles. The molecular weight excluding hydrogens is 242 g/mol. The summed E-state index contributed by atoms with van der Waals surface area (Å²) in [5.74, 6) is 1.64. The molecule has 0 radical (unpaired) electrons. The van der Waals surface area contributed by atoms with Crippen LogP contribution < -0.4 is 5.73 Å². The van der Waals surface area contributed by atoms with Crippen LogP contribution in [0.1, 0.15) is 6.92 Å². The summed E-state index contributed by atoms with van der Waals surface area (Å²) >= 11 is 7.61. The number of thioether (sulfide) groups is 1. The fourth-order valence-electron chi connectivity index (χ4n) is 1.42. The molecule has 2 rings (SSSR count). The maximum Gasteiger partial charge on any atom is 0.140 e. The van der Waals surface area contributed by atoms with Crippen LogP contribution in [0.5, 0.6) is 0 Å². The van der Waals surface area contributed by atoms with E-state index in [1.165, 1.54) is 0 Å².